The maximum atomic E-state index is 13.6. The highest BCUT2D eigenvalue weighted by atomic mass is 35.5. The van der Waals surface area contributed by atoms with Crippen molar-refractivity contribution in [2.24, 2.45) is 23.0 Å². The molecule has 10 heteroatoms. The molecule has 2 saturated heterocycles. The number of benzene rings is 1. The minimum Gasteiger partial charge on any atom is -0.384 e. The Morgan fingerprint density at radius 3 is 2.32 bits per heavy atom. The van der Waals surface area contributed by atoms with Crippen molar-refractivity contribution in [1.29, 1.82) is 0 Å². The summed E-state index contributed by atoms with van der Waals surface area (Å²) in [7, 11) is 0. The number of carbonyl (C=O) groups excluding carboxylic acids is 4. The lowest BCUT2D eigenvalue weighted by molar-refractivity contribution is -0.157. The van der Waals surface area contributed by atoms with Crippen LogP contribution in [0.3, 0.4) is 0 Å². The summed E-state index contributed by atoms with van der Waals surface area (Å²) in [4.78, 5) is 53.2. The van der Waals surface area contributed by atoms with E-state index in [0.29, 0.717) is 37.5 Å². The second-order valence-electron chi connectivity index (χ2n) is 11.3. The number of halogens is 1. The Bertz CT molecular complexity index is 1030. The van der Waals surface area contributed by atoms with E-state index >= 15 is 0 Å². The number of aliphatic hydroxyl groups is 1. The Hall–Kier alpha value is -2.65. The van der Waals surface area contributed by atoms with Gasteiger partial charge in [-0.05, 0) is 36.5 Å². The molecule has 1 aromatic carbocycles. The van der Waals surface area contributed by atoms with E-state index < -0.39 is 28.9 Å². The van der Waals surface area contributed by atoms with E-state index in [1.807, 2.05) is 39.8 Å². The van der Waals surface area contributed by atoms with Crippen molar-refractivity contribution in [1.82, 2.24) is 15.1 Å². The number of carbonyl (C=O) groups is 4. The van der Waals surface area contributed by atoms with Crippen molar-refractivity contribution in [3.63, 3.8) is 0 Å². The zero-order valence-corrected chi connectivity index (χ0v) is 22.9. The molecule has 2 aliphatic rings. The third-order valence-corrected chi connectivity index (χ3v) is 8.06. The van der Waals surface area contributed by atoms with Gasteiger partial charge in [-0.15, -0.1) is 0 Å². The fraction of sp³-hybridized carbons (Fsp3) is 0.630. The van der Waals surface area contributed by atoms with E-state index in [0.717, 1.165) is 5.56 Å². The summed E-state index contributed by atoms with van der Waals surface area (Å²) >= 11 is 6.03. The lowest BCUT2D eigenvalue weighted by Crippen LogP contribution is -2.60. The maximum Gasteiger partial charge on any atom is 0.245 e. The fourth-order valence-electron chi connectivity index (χ4n) is 5.34. The second kappa shape index (κ2) is 11.4. The molecule has 2 aliphatic heterocycles. The Kier molecular flexibility index (Phi) is 8.90. The van der Waals surface area contributed by atoms with Gasteiger partial charge in [0.15, 0.2) is 0 Å². The van der Waals surface area contributed by atoms with E-state index in [1.165, 1.54) is 0 Å². The van der Waals surface area contributed by atoms with E-state index in [1.54, 1.807) is 21.9 Å². The Morgan fingerprint density at radius 1 is 1.11 bits per heavy atom. The fourth-order valence-corrected chi connectivity index (χ4v) is 5.47. The van der Waals surface area contributed by atoms with Crippen LogP contribution in [0, 0.1) is 17.3 Å². The van der Waals surface area contributed by atoms with Gasteiger partial charge in [0, 0.05) is 49.5 Å². The lowest BCUT2D eigenvalue weighted by atomic mass is 9.66. The summed E-state index contributed by atoms with van der Waals surface area (Å²) in [5.41, 5.74) is 4.12. The van der Waals surface area contributed by atoms with Gasteiger partial charge in [0.05, 0.1) is 11.5 Å². The van der Waals surface area contributed by atoms with Crippen LogP contribution >= 0.6 is 11.6 Å². The summed E-state index contributed by atoms with van der Waals surface area (Å²) in [5.74, 6) is -1.74. The number of rotatable bonds is 8. The quantitative estimate of drug-likeness (QED) is 0.469. The highest BCUT2D eigenvalue weighted by Gasteiger charge is 2.50. The first-order valence-electron chi connectivity index (χ1n) is 12.9. The molecule has 0 spiro atoms. The molecule has 0 bridgehead atoms. The van der Waals surface area contributed by atoms with Crippen molar-refractivity contribution in [2.75, 3.05) is 26.2 Å². The molecule has 3 rings (SSSR count). The minimum atomic E-state index is -1.13. The maximum absolute atomic E-state index is 13.6. The topological polar surface area (TPSA) is 133 Å². The molecule has 0 aliphatic carbocycles. The number of nitrogens with zero attached hydrogens (tertiary/aromatic N) is 2. The summed E-state index contributed by atoms with van der Waals surface area (Å²) in [5, 5.41) is 15.2. The molecule has 3 atom stereocenters. The monoisotopic (exact) mass is 534 g/mol. The van der Waals surface area contributed by atoms with Crippen molar-refractivity contribution < 1.29 is 24.3 Å². The number of hydrogen-bond acceptors (Lipinski definition) is 5. The van der Waals surface area contributed by atoms with Crippen molar-refractivity contribution >= 4 is 35.2 Å². The first-order chi connectivity index (χ1) is 17.2. The van der Waals surface area contributed by atoms with Gasteiger partial charge >= 0.3 is 0 Å². The SMILES string of the molecule is CC(C)[C@@H](NC(=O)[C@@H]1CCN(C(=O)CCC(N)=O)C1)C(=O)N1CC[C@](O)(c2ccc(Cl)cc2)C(C)(C)C1. The number of amides is 4. The molecule has 4 amide bonds. The van der Waals surface area contributed by atoms with Crippen LogP contribution in [0.4, 0.5) is 0 Å². The van der Waals surface area contributed by atoms with Gasteiger partial charge in [0.2, 0.25) is 23.6 Å². The third kappa shape index (κ3) is 6.44. The van der Waals surface area contributed by atoms with Crippen LogP contribution in [0.2, 0.25) is 5.02 Å². The van der Waals surface area contributed by atoms with Gasteiger partial charge in [0.1, 0.15) is 6.04 Å². The van der Waals surface area contributed by atoms with Crippen molar-refractivity contribution in [3.8, 4) is 0 Å². The summed E-state index contributed by atoms with van der Waals surface area (Å²) in [6.45, 7) is 9.01. The highest BCUT2D eigenvalue weighted by Crippen LogP contribution is 2.46. The van der Waals surface area contributed by atoms with Crippen LogP contribution in [-0.2, 0) is 24.8 Å². The molecular weight excluding hydrogens is 496 g/mol. The average Bonchev–Trinajstić information content (AvgIpc) is 3.33. The molecule has 0 unspecified atom stereocenters. The Morgan fingerprint density at radius 2 is 1.76 bits per heavy atom. The lowest BCUT2D eigenvalue weighted by Gasteiger charge is -2.51. The first kappa shape index (κ1) is 28.9. The van der Waals surface area contributed by atoms with Gasteiger partial charge in [-0.3, -0.25) is 19.2 Å². The van der Waals surface area contributed by atoms with Gasteiger partial charge in [-0.1, -0.05) is 51.4 Å². The van der Waals surface area contributed by atoms with Crippen molar-refractivity contribution in [2.45, 2.75) is 65.0 Å². The van der Waals surface area contributed by atoms with Crippen LogP contribution in [-0.4, -0.2) is 70.8 Å². The molecule has 2 heterocycles. The first-order valence-corrected chi connectivity index (χ1v) is 13.3. The highest BCUT2D eigenvalue weighted by molar-refractivity contribution is 6.30. The van der Waals surface area contributed by atoms with Crippen LogP contribution in [0.25, 0.3) is 0 Å². The van der Waals surface area contributed by atoms with Crippen LogP contribution in [0.1, 0.15) is 58.9 Å². The molecule has 4 N–H and O–H groups in total. The average molecular weight is 535 g/mol. The smallest absolute Gasteiger partial charge is 0.245 e. The van der Waals surface area contributed by atoms with Crippen LogP contribution in [0.5, 0.6) is 0 Å². The van der Waals surface area contributed by atoms with Gasteiger partial charge in [-0.25, -0.2) is 0 Å². The predicted molar refractivity (Wildman–Crippen MR) is 140 cm³/mol. The van der Waals surface area contributed by atoms with Gasteiger partial charge in [0.25, 0.3) is 0 Å². The van der Waals surface area contributed by atoms with Gasteiger partial charge in [-0.2, -0.15) is 0 Å². The van der Waals surface area contributed by atoms with E-state index in [9.17, 15) is 24.3 Å². The molecule has 2 fully saturated rings. The molecule has 0 radical (unpaired) electrons. The molecule has 0 saturated carbocycles. The largest absolute Gasteiger partial charge is 0.384 e. The predicted octanol–water partition coefficient (Wildman–Crippen LogP) is 2.04. The van der Waals surface area contributed by atoms with E-state index in [4.69, 9.17) is 17.3 Å². The van der Waals surface area contributed by atoms with Crippen LogP contribution in [0.15, 0.2) is 24.3 Å². The van der Waals surface area contributed by atoms with E-state index in [-0.39, 0.29) is 43.0 Å². The molecule has 9 nitrogen and oxygen atoms in total. The summed E-state index contributed by atoms with van der Waals surface area (Å²) < 4.78 is 0. The number of nitrogens with two attached hydrogens (primary N) is 1. The molecule has 1 aromatic rings. The van der Waals surface area contributed by atoms with Crippen LogP contribution < -0.4 is 11.1 Å². The number of hydrogen-bond donors (Lipinski definition) is 3. The third-order valence-electron chi connectivity index (χ3n) is 7.81. The molecule has 204 valence electrons. The number of nitrogens with one attached hydrogen (secondary N) is 1. The summed E-state index contributed by atoms with van der Waals surface area (Å²) in [6, 6.07) is 6.43. The molecule has 0 aromatic heterocycles. The Balaban J connectivity index is 1.64. The van der Waals surface area contributed by atoms with E-state index in [2.05, 4.69) is 5.32 Å². The normalized spacial score (nSPS) is 24.1. The zero-order chi connectivity index (χ0) is 27.5. The molecule has 37 heavy (non-hydrogen) atoms. The second-order valence-corrected chi connectivity index (χ2v) is 11.7. The number of likely N-dealkylation sites (tertiary alicyclic amines) is 2. The summed E-state index contributed by atoms with van der Waals surface area (Å²) in [6.07, 6.45) is 0.870. The number of piperidine rings is 1. The zero-order valence-electron chi connectivity index (χ0n) is 22.1. The van der Waals surface area contributed by atoms with Gasteiger partial charge < -0.3 is 26.0 Å². The number of primary amides is 1. The Labute approximate surface area is 223 Å². The minimum absolute atomic E-state index is 0.0184. The molecular formula is C27H39ClN4O5. The van der Waals surface area contributed by atoms with Crippen molar-refractivity contribution in [3.05, 3.63) is 34.9 Å². The standard InChI is InChI=1S/C27H39ClN4O5/c1-17(2)23(30-24(35)18-11-13-31(15-18)22(34)10-9-21(29)33)25(36)32-14-12-27(37,26(3,4)16-32)19-5-7-20(28)8-6-19/h5-8,17-18,23,37H,9-16H2,1-4H3,(H2,29,33)(H,30,35)/t18-,23-,27+/m1/s1.